The average Bonchev–Trinajstić information content (AvgIpc) is 3.31. The van der Waals surface area contributed by atoms with Crippen LogP contribution >= 0.6 is 35.3 Å². The van der Waals surface area contributed by atoms with Gasteiger partial charge >= 0.3 is 0 Å². The van der Waals surface area contributed by atoms with Crippen molar-refractivity contribution in [3.63, 3.8) is 0 Å². The van der Waals surface area contributed by atoms with Crippen molar-refractivity contribution in [3.8, 4) is 0 Å². The highest BCUT2D eigenvalue weighted by molar-refractivity contribution is 14.0. The van der Waals surface area contributed by atoms with Crippen LogP contribution in [0, 0.1) is 0 Å². The Bertz CT molecular complexity index is 696. The summed E-state index contributed by atoms with van der Waals surface area (Å²) in [5, 5.41) is 3.32. The van der Waals surface area contributed by atoms with Gasteiger partial charge in [-0.3, -0.25) is 0 Å². The highest BCUT2D eigenvalue weighted by atomic mass is 127. The number of ether oxygens (including phenoxy) is 1. The Morgan fingerprint density at radius 2 is 1.92 bits per heavy atom. The third kappa shape index (κ3) is 5.31. The van der Waals surface area contributed by atoms with Crippen LogP contribution in [0.4, 0.5) is 0 Å². The molecule has 0 atom stereocenters. The molecule has 2 aliphatic heterocycles. The minimum atomic E-state index is -3.41. The first-order valence-electron chi connectivity index (χ1n) is 8.81. The average molecular weight is 514 g/mol. The molecular formula is C16H27IN4O3S2. The van der Waals surface area contributed by atoms with Crippen molar-refractivity contribution < 1.29 is 13.2 Å². The zero-order chi connectivity index (χ0) is 17.7. The predicted molar refractivity (Wildman–Crippen MR) is 115 cm³/mol. The van der Waals surface area contributed by atoms with Crippen LogP contribution in [0.5, 0.6) is 0 Å². The molecule has 1 aromatic rings. The van der Waals surface area contributed by atoms with Crippen molar-refractivity contribution in [2.45, 2.75) is 30.5 Å². The van der Waals surface area contributed by atoms with Crippen molar-refractivity contribution in [2.24, 2.45) is 4.99 Å². The second kappa shape index (κ2) is 10.2. The van der Waals surface area contributed by atoms with Gasteiger partial charge in [0.05, 0.1) is 19.8 Å². The number of likely N-dealkylation sites (tertiary alicyclic amines) is 1. The number of nitrogens with zero attached hydrogens (tertiary/aromatic N) is 3. The van der Waals surface area contributed by atoms with Crippen LogP contribution in [-0.4, -0.2) is 69.5 Å². The summed E-state index contributed by atoms with van der Waals surface area (Å²) in [7, 11) is -3.41. The lowest BCUT2D eigenvalue weighted by molar-refractivity contribution is 0.0731. The quantitative estimate of drug-likeness (QED) is 0.370. The van der Waals surface area contributed by atoms with Gasteiger partial charge in [-0.2, -0.15) is 4.31 Å². The van der Waals surface area contributed by atoms with Crippen molar-refractivity contribution in [2.75, 3.05) is 45.9 Å². The molecule has 2 fully saturated rings. The molecule has 3 heterocycles. The van der Waals surface area contributed by atoms with Gasteiger partial charge in [0.2, 0.25) is 0 Å². The Kier molecular flexibility index (Phi) is 8.58. The van der Waals surface area contributed by atoms with E-state index < -0.39 is 10.0 Å². The SMILES string of the molecule is CCNC(=NCc1ccc(S(=O)(=O)N2CCOCC2)s1)N1CCCC1.I. The number of nitrogens with one attached hydrogen (secondary N) is 1. The van der Waals surface area contributed by atoms with Gasteiger partial charge < -0.3 is 15.0 Å². The van der Waals surface area contributed by atoms with Gasteiger partial charge in [-0.25, -0.2) is 13.4 Å². The van der Waals surface area contributed by atoms with Crippen LogP contribution in [-0.2, 0) is 21.3 Å². The highest BCUT2D eigenvalue weighted by Crippen LogP contribution is 2.26. The largest absolute Gasteiger partial charge is 0.379 e. The molecule has 2 saturated heterocycles. The van der Waals surface area contributed by atoms with Crippen molar-refractivity contribution >= 4 is 51.3 Å². The van der Waals surface area contributed by atoms with Crippen LogP contribution in [0.25, 0.3) is 0 Å². The van der Waals surface area contributed by atoms with Crippen LogP contribution < -0.4 is 5.32 Å². The first-order valence-corrected chi connectivity index (χ1v) is 11.1. The van der Waals surface area contributed by atoms with E-state index in [4.69, 9.17) is 4.74 Å². The van der Waals surface area contributed by atoms with Gasteiger partial charge in [0.15, 0.2) is 5.96 Å². The maximum absolute atomic E-state index is 12.7. The molecule has 0 saturated carbocycles. The minimum Gasteiger partial charge on any atom is -0.379 e. The Morgan fingerprint density at radius 1 is 1.23 bits per heavy atom. The first-order chi connectivity index (χ1) is 12.1. The molecule has 3 rings (SSSR count). The fraction of sp³-hybridized carbons (Fsp3) is 0.688. The molecule has 0 unspecified atom stereocenters. The maximum Gasteiger partial charge on any atom is 0.252 e. The van der Waals surface area contributed by atoms with Crippen LogP contribution in [0.2, 0.25) is 0 Å². The molecule has 0 bridgehead atoms. The molecule has 1 N–H and O–H groups in total. The Morgan fingerprint density at radius 3 is 2.58 bits per heavy atom. The number of aliphatic imine (C=N–C) groups is 1. The Labute approximate surface area is 176 Å². The lowest BCUT2D eigenvalue weighted by Crippen LogP contribution is -2.40. The number of hydrogen-bond acceptors (Lipinski definition) is 5. The van der Waals surface area contributed by atoms with Crippen molar-refractivity contribution in [3.05, 3.63) is 17.0 Å². The molecular weight excluding hydrogens is 487 g/mol. The number of guanidine groups is 1. The number of rotatable bonds is 5. The van der Waals surface area contributed by atoms with Gasteiger partial charge in [0, 0.05) is 37.6 Å². The van der Waals surface area contributed by atoms with Gasteiger partial charge in [-0.05, 0) is 31.9 Å². The Hall–Kier alpha value is -0.430. The number of morpholine rings is 1. The second-order valence-corrected chi connectivity index (χ2v) is 9.43. The zero-order valence-electron chi connectivity index (χ0n) is 15.0. The van der Waals surface area contributed by atoms with E-state index in [9.17, 15) is 8.42 Å². The third-order valence-corrected chi connectivity index (χ3v) is 7.76. The molecule has 0 aromatic carbocycles. The monoisotopic (exact) mass is 514 g/mol. The van der Waals surface area contributed by atoms with E-state index >= 15 is 0 Å². The van der Waals surface area contributed by atoms with E-state index in [1.165, 1.54) is 28.5 Å². The van der Waals surface area contributed by atoms with E-state index in [1.807, 2.05) is 6.07 Å². The Balaban J connectivity index is 0.00000243. The lowest BCUT2D eigenvalue weighted by Gasteiger charge is -2.25. The van der Waals surface area contributed by atoms with Crippen LogP contribution in [0.15, 0.2) is 21.3 Å². The molecule has 0 aliphatic carbocycles. The summed E-state index contributed by atoms with van der Waals surface area (Å²) < 4.78 is 32.5. The molecule has 1 aromatic heterocycles. The van der Waals surface area contributed by atoms with Gasteiger partial charge in [-0.1, -0.05) is 0 Å². The van der Waals surface area contributed by atoms with E-state index in [0.717, 1.165) is 30.5 Å². The van der Waals surface area contributed by atoms with Gasteiger partial charge in [-0.15, -0.1) is 35.3 Å². The van der Waals surface area contributed by atoms with Gasteiger partial charge in [0.1, 0.15) is 4.21 Å². The molecule has 148 valence electrons. The van der Waals surface area contributed by atoms with E-state index in [-0.39, 0.29) is 24.0 Å². The first kappa shape index (κ1) is 21.9. The summed E-state index contributed by atoms with van der Waals surface area (Å²) in [6.07, 6.45) is 2.40. The molecule has 2 aliphatic rings. The van der Waals surface area contributed by atoms with E-state index in [0.29, 0.717) is 37.1 Å². The predicted octanol–water partition coefficient (Wildman–Crippen LogP) is 1.95. The fourth-order valence-electron chi connectivity index (χ4n) is 3.00. The number of sulfonamides is 1. The summed E-state index contributed by atoms with van der Waals surface area (Å²) in [6.45, 7) is 7.23. The molecule has 10 heteroatoms. The second-order valence-electron chi connectivity index (χ2n) is 6.10. The summed E-state index contributed by atoms with van der Waals surface area (Å²) in [6, 6.07) is 3.57. The summed E-state index contributed by atoms with van der Waals surface area (Å²) in [4.78, 5) is 7.91. The van der Waals surface area contributed by atoms with E-state index in [2.05, 4.69) is 22.1 Å². The third-order valence-electron chi connectivity index (χ3n) is 4.33. The fourth-order valence-corrected chi connectivity index (χ4v) is 5.85. The molecule has 7 nitrogen and oxygen atoms in total. The summed E-state index contributed by atoms with van der Waals surface area (Å²) in [5.41, 5.74) is 0. The number of halogens is 1. The minimum absolute atomic E-state index is 0. The normalized spacial score (nSPS) is 19.4. The van der Waals surface area contributed by atoms with Crippen molar-refractivity contribution in [1.82, 2.24) is 14.5 Å². The molecule has 0 radical (unpaired) electrons. The molecule has 26 heavy (non-hydrogen) atoms. The molecule has 0 spiro atoms. The maximum atomic E-state index is 12.7. The van der Waals surface area contributed by atoms with Gasteiger partial charge in [0.25, 0.3) is 10.0 Å². The number of hydrogen-bond donors (Lipinski definition) is 1. The van der Waals surface area contributed by atoms with Crippen LogP contribution in [0.3, 0.4) is 0 Å². The highest BCUT2D eigenvalue weighted by Gasteiger charge is 2.27. The molecule has 0 amide bonds. The standard InChI is InChI=1S/C16H26N4O3S2.HI/c1-2-17-16(19-7-3-4-8-19)18-13-14-5-6-15(24-14)25(21,22)20-9-11-23-12-10-20;/h5-6H,2-4,7-13H2,1H3,(H,17,18);1H. The van der Waals surface area contributed by atoms with Crippen LogP contribution in [0.1, 0.15) is 24.6 Å². The number of thiophene rings is 1. The summed E-state index contributed by atoms with van der Waals surface area (Å²) >= 11 is 1.31. The van der Waals surface area contributed by atoms with Crippen molar-refractivity contribution in [1.29, 1.82) is 0 Å². The lowest BCUT2D eigenvalue weighted by atomic mass is 10.4. The summed E-state index contributed by atoms with van der Waals surface area (Å²) in [5.74, 6) is 0.922. The topological polar surface area (TPSA) is 74.2 Å². The zero-order valence-corrected chi connectivity index (χ0v) is 19.0. The smallest absolute Gasteiger partial charge is 0.252 e. The van der Waals surface area contributed by atoms with E-state index in [1.54, 1.807) is 6.07 Å².